The Balaban J connectivity index is 2.34. The molecule has 0 atom stereocenters. The third kappa shape index (κ3) is 2.83. The van der Waals surface area contributed by atoms with Gasteiger partial charge in [0, 0.05) is 12.2 Å². The number of nitriles is 1. The molecule has 0 N–H and O–H groups in total. The van der Waals surface area contributed by atoms with Gasteiger partial charge in [-0.1, -0.05) is 18.2 Å². The average molecular weight is 238 g/mol. The van der Waals surface area contributed by atoms with E-state index in [0.717, 1.165) is 17.1 Å². The van der Waals surface area contributed by atoms with Gasteiger partial charge in [-0.2, -0.15) is 10.4 Å². The highest BCUT2D eigenvalue weighted by molar-refractivity contribution is 5.59. The van der Waals surface area contributed by atoms with Crippen molar-refractivity contribution in [1.82, 2.24) is 10.2 Å². The second-order valence-electron chi connectivity index (χ2n) is 3.99. The molecule has 0 unspecified atom stereocenters. The van der Waals surface area contributed by atoms with Crippen molar-refractivity contribution in [3.63, 3.8) is 0 Å². The Kier molecular flexibility index (Phi) is 3.87. The van der Waals surface area contributed by atoms with E-state index in [1.807, 2.05) is 48.2 Å². The standard InChI is InChI=1S/C14H14N4/c1-12-10-14(17-16-11-12)18(9-5-8-15)13-6-3-2-4-7-13/h2-4,6-7,10-11H,5,9H2,1H3. The van der Waals surface area contributed by atoms with Gasteiger partial charge in [0.1, 0.15) is 0 Å². The van der Waals surface area contributed by atoms with Crippen molar-refractivity contribution < 1.29 is 0 Å². The number of anilines is 2. The molecule has 0 fully saturated rings. The van der Waals surface area contributed by atoms with Gasteiger partial charge in [0.15, 0.2) is 5.82 Å². The summed E-state index contributed by atoms with van der Waals surface area (Å²) in [6, 6.07) is 14.0. The zero-order valence-corrected chi connectivity index (χ0v) is 10.2. The number of aromatic nitrogens is 2. The fourth-order valence-electron chi connectivity index (χ4n) is 1.73. The van der Waals surface area contributed by atoms with Crippen LogP contribution in [-0.2, 0) is 0 Å². The Labute approximate surface area is 107 Å². The molecule has 0 aliphatic heterocycles. The molecule has 1 aromatic heterocycles. The molecule has 2 rings (SSSR count). The molecule has 0 amide bonds. The zero-order chi connectivity index (χ0) is 12.8. The molecule has 0 spiro atoms. The van der Waals surface area contributed by atoms with Crippen LogP contribution in [0.2, 0.25) is 0 Å². The van der Waals surface area contributed by atoms with E-state index >= 15 is 0 Å². The minimum atomic E-state index is 0.449. The van der Waals surface area contributed by atoms with E-state index in [2.05, 4.69) is 16.3 Å². The Morgan fingerprint density at radius 1 is 1.28 bits per heavy atom. The lowest BCUT2D eigenvalue weighted by molar-refractivity contribution is 0.890. The monoisotopic (exact) mass is 238 g/mol. The molecule has 0 aliphatic rings. The molecule has 0 aliphatic carbocycles. The normalized spacial score (nSPS) is 9.78. The highest BCUT2D eigenvalue weighted by Gasteiger charge is 2.10. The molecular formula is C14H14N4. The van der Waals surface area contributed by atoms with Gasteiger partial charge < -0.3 is 4.90 Å². The molecule has 4 nitrogen and oxygen atoms in total. The summed E-state index contributed by atoms with van der Waals surface area (Å²) < 4.78 is 0. The SMILES string of the molecule is Cc1cnnc(N(CCC#N)c2ccccc2)c1. The van der Waals surface area contributed by atoms with Gasteiger partial charge in [-0.15, -0.1) is 5.10 Å². The van der Waals surface area contributed by atoms with Crippen LogP contribution in [0.4, 0.5) is 11.5 Å². The Hall–Kier alpha value is -2.41. The summed E-state index contributed by atoms with van der Waals surface area (Å²) >= 11 is 0. The second-order valence-corrected chi connectivity index (χ2v) is 3.99. The summed E-state index contributed by atoms with van der Waals surface area (Å²) in [4.78, 5) is 2.00. The van der Waals surface area contributed by atoms with Crippen LogP contribution in [0.15, 0.2) is 42.6 Å². The lowest BCUT2D eigenvalue weighted by atomic mass is 10.2. The van der Waals surface area contributed by atoms with Crippen molar-refractivity contribution in [2.24, 2.45) is 0 Å². The van der Waals surface area contributed by atoms with Gasteiger partial charge in [-0.05, 0) is 30.7 Å². The van der Waals surface area contributed by atoms with Crippen LogP contribution in [0, 0.1) is 18.3 Å². The molecule has 0 saturated heterocycles. The molecule has 1 aromatic carbocycles. The first-order valence-electron chi connectivity index (χ1n) is 5.80. The highest BCUT2D eigenvalue weighted by Crippen LogP contribution is 2.23. The van der Waals surface area contributed by atoms with E-state index < -0.39 is 0 Å². The summed E-state index contributed by atoms with van der Waals surface area (Å²) in [5, 5.41) is 16.9. The number of rotatable bonds is 4. The number of nitrogens with zero attached hydrogens (tertiary/aromatic N) is 4. The maximum Gasteiger partial charge on any atom is 0.155 e. The molecule has 18 heavy (non-hydrogen) atoms. The van der Waals surface area contributed by atoms with E-state index in [1.54, 1.807) is 6.20 Å². The van der Waals surface area contributed by atoms with Crippen molar-refractivity contribution in [3.8, 4) is 6.07 Å². The first-order valence-corrected chi connectivity index (χ1v) is 5.80. The predicted molar refractivity (Wildman–Crippen MR) is 70.4 cm³/mol. The third-order valence-electron chi connectivity index (χ3n) is 2.57. The molecule has 0 bridgehead atoms. The van der Waals surface area contributed by atoms with Gasteiger partial charge in [0.25, 0.3) is 0 Å². The number of para-hydroxylation sites is 1. The molecule has 0 saturated carbocycles. The maximum absolute atomic E-state index is 8.75. The van der Waals surface area contributed by atoms with E-state index in [4.69, 9.17) is 5.26 Å². The fourth-order valence-corrected chi connectivity index (χ4v) is 1.73. The summed E-state index contributed by atoms with van der Waals surface area (Å²) in [6.45, 7) is 2.59. The first-order chi connectivity index (χ1) is 8.81. The zero-order valence-electron chi connectivity index (χ0n) is 10.2. The minimum absolute atomic E-state index is 0.449. The molecular weight excluding hydrogens is 224 g/mol. The molecule has 1 heterocycles. The Bertz CT molecular complexity index is 545. The molecule has 2 aromatic rings. The number of hydrogen-bond acceptors (Lipinski definition) is 4. The second kappa shape index (κ2) is 5.78. The summed E-state index contributed by atoms with van der Waals surface area (Å²) in [6.07, 6.45) is 2.17. The molecule has 0 radical (unpaired) electrons. The number of benzene rings is 1. The summed E-state index contributed by atoms with van der Waals surface area (Å²) in [5.74, 6) is 0.774. The number of hydrogen-bond donors (Lipinski definition) is 0. The predicted octanol–water partition coefficient (Wildman–Crippen LogP) is 2.84. The van der Waals surface area contributed by atoms with Crippen LogP contribution < -0.4 is 4.90 Å². The van der Waals surface area contributed by atoms with Crippen LogP contribution >= 0.6 is 0 Å². The highest BCUT2D eigenvalue weighted by atomic mass is 15.3. The van der Waals surface area contributed by atoms with Crippen molar-refractivity contribution in [3.05, 3.63) is 48.2 Å². The largest absolute Gasteiger partial charge is 0.324 e. The summed E-state index contributed by atoms with van der Waals surface area (Å²) in [5.41, 5.74) is 2.07. The maximum atomic E-state index is 8.75. The topological polar surface area (TPSA) is 52.8 Å². The number of aryl methyl sites for hydroxylation is 1. The van der Waals surface area contributed by atoms with E-state index in [0.29, 0.717) is 13.0 Å². The Morgan fingerprint density at radius 2 is 2.06 bits per heavy atom. The quantitative estimate of drug-likeness (QED) is 0.821. The van der Waals surface area contributed by atoms with Crippen molar-refractivity contribution >= 4 is 11.5 Å². The van der Waals surface area contributed by atoms with Gasteiger partial charge in [0.05, 0.1) is 18.7 Å². The first kappa shape index (κ1) is 12.1. The molecule has 4 heteroatoms. The van der Waals surface area contributed by atoms with Crippen LogP contribution in [0.1, 0.15) is 12.0 Å². The van der Waals surface area contributed by atoms with E-state index in [1.165, 1.54) is 0 Å². The van der Waals surface area contributed by atoms with Crippen molar-refractivity contribution in [2.45, 2.75) is 13.3 Å². The van der Waals surface area contributed by atoms with Gasteiger partial charge in [-0.25, -0.2) is 0 Å². The van der Waals surface area contributed by atoms with Crippen molar-refractivity contribution in [2.75, 3.05) is 11.4 Å². The average Bonchev–Trinajstić information content (AvgIpc) is 2.40. The Morgan fingerprint density at radius 3 is 2.72 bits per heavy atom. The van der Waals surface area contributed by atoms with Gasteiger partial charge >= 0.3 is 0 Å². The van der Waals surface area contributed by atoms with Gasteiger partial charge in [0.2, 0.25) is 0 Å². The fraction of sp³-hybridized carbons (Fsp3) is 0.214. The van der Waals surface area contributed by atoms with Crippen LogP contribution in [-0.4, -0.2) is 16.7 Å². The lowest BCUT2D eigenvalue weighted by Gasteiger charge is -2.22. The van der Waals surface area contributed by atoms with Gasteiger partial charge in [-0.3, -0.25) is 0 Å². The van der Waals surface area contributed by atoms with Crippen LogP contribution in [0.25, 0.3) is 0 Å². The van der Waals surface area contributed by atoms with E-state index in [-0.39, 0.29) is 0 Å². The van der Waals surface area contributed by atoms with Crippen LogP contribution in [0.3, 0.4) is 0 Å². The van der Waals surface area contributed by atoms with Crippen LogP contribution in [0.5, 0.6) is 0 Å². The van der Waals surface area contributed by atoms with Crippen molar-refractivity contribution in [1.29, 1.82) is 5.26 Å². The lowest BCUT2D eigenvalue weighted by Crippen LogP contribution is -2.19. The third-order valence-corrected chi connectivity index (χ3v) is 2.57. The smallest absolute Gasteiger partial charge is 0.155 e. The minimum Gasteiger partial charge on any atom is -0.324 e. The summed E-state index contributed by atoms with van der Waals surface area (Å²) in [7, 11) is 0. The molecule has 90 valence electrons. The van der Waals surface area contributed by atoms with E-state index in [9.17, 15) is 0 Å².